The number of carbonyl (C=O) groups is 1. The summed E-state index contributed by atoms with van der Waals surface area (Å²) in [5.41, 5.74) is 4.19. The fourth-order valence-corrected chi connectivity index (χ4v) is 1.94. The molecule has 2 nitrogen and oxygen atoms in total. The van der Waals surface area contributed by atoms with Gasteiger partial charge in [0.15, 0.2) is 5.78 Å². The fraction of sp³-hybridized carbons (Fsp3) is 0.462. The predicted octanol–water partition coefficient (Wildman–Crippen LogP) is 3.15. The Kier molecular flexibility index (Phi) is 3.62. The summed E-state index contributed by atoms with van der Waals surface area (Å²) in [6.07, 6.45) is -2.91. The molecule has 0 aromatic heterocycles. The van der Waals surface area contributed by atoms with E-state index < -0.39 is 23.3 Å². The Balaban J connectivity index is 2.18. The molecule has 2 rings (SSSR count). The van der Waals surface area contributed by atoms with Crippen molar-refractivity contribution in [3.8, 4) is 0 Å². The number of Topliss-reactive ketones (excluding diaryl/α,β-unsaturated/α-hetero) is 1. The Bertz CT molecular complexity index is 494. The van der Waals surface area contributed by atoms with E-state index in [-0.39, 0.29) is 23.9 Å². The molecule has 19 heavy (non-hydrogen) atoms. The summed E-state index contributed by atoms with van der Waals surface area (Å²) in [5.74, 6) is -1.58. The van der Waals surface area contributed by atoms with E-state index in [0.717, 1.165) is 18.9 Å². The van der Waals surface area contributed by atoms with Crippen LogP contribution in [0.25, 0.3) is 0 Å². The number of nitrogens with two attached hydrogens (primary N) is 1. The van der Waals surface area contributed by atoms with Gasteiger partial charge in [-0.25, -0.2) is 4.39 Å². The first kappa shape index (κ1) is 14.0. The van der Waals surface area contributed by atoms with Gasteiger partial charge in [-0.15, -0.1) is 0 Å². The molecule has 2 N–H and O–H groups in total. The van der Waals surface area contributed by atoms with Crippen molar-refractivity contribution in [1.82, 2.24) is 0 Å². The zero-order valence-electron chi connectivity index (χ0n) is 10.0. The third-order valence-corrected chi connectivity index (χ3v) is 3.24. The molecule has 1 aromatic carbocycles. The van der Waals surface area contributed by atoms with Crippen molar-refractivity contribution < 1.29 is 22.4 Å². The molecule has 6 heteroatoms. The number of carbonyl (C=O) groups excluding carboxylic acids is 1. The van der Waals surface area contributed by atoms with Crippen LogP contribution in [-0.4, -0.2) is 11.8 Å². The van der Waals surface area contributed by atoms with Crippen LogP contribution >= 0.6 is 0 Å². The van der Waals surface area contributed by atoms with Crippen LogP contribution in [0.5, 0.6) is 0 Å². The molecule has 0 spiro atoms. The average molecular weight is 275 g/mol. The first-order valence-electron chi connectivity index (χ1n) is 5.94. The highest BCUT2D eigenvalue weighted by atomic mass is 19.4. The average Bonchev–Trinajstić information content (AvgIpc) is 3.11. The molecule has 1 saturated carbocycles. The number of ketones is 1. The zero-order chi connectivity index (χ0) is 14.2. The summed E-state index contributed by atoms with van der Waals surface area (Å²) in [6, 6.07) is 1.95. The van der Waals surface area contributed by atoms with E-state index >= 15 is 0 Å². The Morgan fingerprint density at radius 3 is 2.53 bits per heavy atom. The first-order valence-corrected chi connectivity index (χ1v) is 5.94. The molecule has 0 amide bonds. The number of alkyl halides is 3. The van der Waals surface area contributed by atoms with Gasteiger partial charge in [0.2, 0.25) is 0 Å². The highest BCUT2D eigenvalue weighted by molar-refractivity contribution is 5.96. The quantitative estimate of drug-likeness (QED) is 0.677. The van der Waals surface area contributed by atoms with Crippen molar-refractivity contribution in [1.29, 1.82) is 0 Å². The lowest BCUT2D eigenvalue weighted by Gasteiger charge is -2.12. The lowest BCUT2D eigenvalue weighted by atomic mass is 9.99. The Hall–Kier alpha value is -1.43. The lowest BCUT2D eigenvalue weighted by molar-refractivity contribution is -0.140. The van der Waals surface area contributed by atoms with Gasteiger partial charge in [0, 0.05) is 18.0 Å². The molecule has 1 fully saturated rings. The van der Waals surface area contributed by atoms with Gasteiger partial charge < -0.3 is 5.73 Å². The van der Waals surface area contributed by atoms with Gasteiger partial charge in [-0.05, 0) is 37.0 Å². The minimum absolute atomic E-state index is 0.00635. The van der Waals surface area contributed by atoms with E-state index in [0.29, 0.717) is 12.1 Å². The molecule has 1 aromatic rings. The van der Waals surface area contributed by atoms with E-state index in [1.165, 1.54) is 0 Å². The van der Waals surface area contributed by atoms with E-state index in [2.05, 4.69) is 0 Å². The summed E-state index contributed by atoms with van der Waals surface area (Å²) in [5, 5.41) is 0. The molecule has 1 aliphatic carbocycles. The summed E-state index contributed by atoms with van der Waals surface area (Å²) >= 11 is 0. The van der Waals surface area contributed by atoms with Crippen LogP contribution < -0.4 is 5.73 Å². The Morgan fingerprint density at radius 1 is 1.37 bits per heavy atom. The lowest BCUT2D eigenvalue weighted by Crippen LogP contribution is -2.26. The van der Waals surface area contributed by atoms with Crippen LogP contribution in [0.15, 0.2) is 18.2 Å². The van der Waals surface area contributed by atoms with Crippen molar-refractivity contribution in [3.63, 3.8) is 0 Å². The number of hydrogen-bond donors (Lipinski definition) is 1. The summed E-state index contributed by atoms with van der Waals surface area (Å²) < 4.78 is 50.6. The molecule has 104 valence electrons. The Labute approximate surface area is 107 Å². The van der Waals surface area contributed by atoms with Crippen molar-refractivity contribution >= 4 is 5.78 Å². The molecule has 1 atom stereocenters. The van der Waals surface area contributed by atoms with Gasteiger partial charge in [-0.2, -0.15) is 13.2 Å². The van der Waals surface area contributed by atoms with Gasteiger partial charge in [-0.1, -0.05) is 0 Å². The molecular weight excluding hydrogens is 262 g/mol. The standard InChI is InChI=1S/C13H13F4NO/c14-10-4-3-8(5-9(10)13(15,16)17)12(19)6-11(18)7-1-2-7/h3-5,7,11H,1-2,6,18H2. The van der Waals surface area contributed by atoms with Crippen molar-refractivity contribution in [3.05, 3.63) is 35.1 Å². The smallest absolute Gasteiger partial charge is 0.327 e. The third kappa shape index (κ3) is 3.32. The molecule has 0 saturated heterocycles. The molecule has 1 aliphatic rings. The van der Waals surface area contributed by atoms with Crippen LogP contribution in [-0.2, 0) is 6.18 Å². The largest absolute Gasteiger partial charge is 0.419 e. The normalized spacial score (nSPS) is 17.3. The Morgan fingerprint density at radius 2 is 2.00 bits per heavy atom. The topological polar surface area (TPSA) is 43.1 Å². The maximum absolute atomic E-state index is 13.1. The zero-order valence-corrected chi connectivity index (χ0v) is 10.0. The van der Waals surface area contributed by atoms with Gasteiger partial charge in [0.1, 0.15) is 5.82 Å². The second kappa shape index (κ2) is 4.92. The molecular formula is C13H13F4NO. The van der Waals surface area contributed by atoms with Crippen LogP contribution in [0.4, 0.5) is 17.6 Å². The van der Waals surface area contributed by atoms with Gasteiger partial charge >= 0.3 is 6.18 Å². The van der Waals surface area contributed by atoms with Gasteiger partial charge in [-0.3, -0.25) is 4.79 Å². The molecule has 0 radical (unpaired) electrons. The van der Waals surface area contributed by atoms with E-state index in [9.17, 15) is 22.4 Å². The summed E-state index contributed by atoms with van der Waals surface area (Å²) in [6.45, 7) is 0. The van der Waals surface area contributed by atoms with Gasteiger partial charge in [0.25, 0.3) is 0 Å². The summed E-state index contributed by atoms with van der Waals surface area (Å²) in [4.78, 5) is 11.8. The third-order valence-electron chi connectivity index (χ3n) is 3.24. The van der Waals surface area contributed by atoms with Crippen LogP contribution in [0, 0.1) is 11.7 Å². The summed E-state index contributed by atoms with van der Waals surface area (Å²) in [7, 11) is 0. The second-order valence-corrected chi connectivity index (χ2v) is 4.82. The van der Waals surface area contributed by atoms with Crippen molar-refractivity contribution in [2.24, 2.45) is 11.7 Å². The molecule has 0 heterocycles. The number of rotatable bonds is 4. The fourth-order valence-electron chi connectivity index (χ4n) is 1.94. The minimum atomic E-state index is -4.81. The minimum Gasteiger partial charge on any atom is -0.327 e. The maximum atomic E-state index is 13.1. The predicted molar refractivity (Wildman–Crippen MR) is 61.0 cm³/mol. The molecule has 1 unspecified atom stereocenters. The number of benzene rings is 1. The highest BCUT2D eigenvalue weighted by Crippen LogP contribution is 2.34. The van der Waals surface area contributed by atoms with Crippen LogP contribution in [0.3, 0.4) is 0 Å². The molecule has 0 bridgehead atoms. The van der Waals surface area contributed by atoms with Crippen LogP contribution in [0.2, 0.25) is 0 Å². The number of hydrogen-bond acceptors (Lipinski definition) is 2. The maximum Gasteiger partial charge on any atom is 0.419 e. The van der Waals surface area contributed by atoms with E-state index in [1.807, 2.05) is 0 Å². The molecule has 0 aliphatic heterocycles. The second-order valence-electron chi connectivity index (χ2n) is 4.82. The van der Waals surface area contributed by atoms with Gasteiger partial charge in [0.05, 0.1) is 5.56 Å². The van der Waals surface area contributed by atoms with E-state index in [1.54, 1.807) is 0 Å². The van der Waals surface area contributed by atoms with Crippen molar-refractivity contribution in [2.45, 2.75) is 31.5 Å². The van der Waals surface area contributed by atoms with Crippen LogP contribution in [0.1, 0.15) is 35.2 Å². The monoisotopic (exact) mass is 275 g/mol. The number of halogens is 4. The van der Waals surface area contributed by atoms with Crippen molar-refractivity contribution in [2.75, 3.05) is 0 Å². The SMILES string of the molecule is NC(CC(=O)c1ccc(F)c(C(F)(F)F)c1)C1CC1. The highest BCUT2D eigenvalue weighted by Gasteiger charge is 2.35. The first-order chi connectivity index (χ1) is 8.79. The van der Waals surface area contributed by atoms with E-state index in [4.69, 9.17) is 5.73 Å².